The highest BCUT2D eigenvalue weighted by atomic mass is 16.6. The smallest absolute Gasteiger partial charge is 0.498 e. The predicted molar refractivity (Wildman–Crippen MR) is 130 cm³/mol. The molecule has 0 amide bonds. The monoisotopic (exact) mass is 461 g/mol. The van der Waals surface area contributed by atoms with Gasteiger partial charge in [-0.05, 0) is 49.5 Å². The highest BCUT2D eigenvalue weighted by Crippen LogP contribution is 2.25. The zero-order chi connectivity index (χ0) is 24.2. The first kappa shape index (κ1) is 24.9. The molecule has 3 rings (SSSR count). The molecule has 0 N–H and O–H groups in total. The van der Waals surface area contributed by atoms with Gasteiger partial charge in [-0.15, -0.1) is 0 Å². The molecule has 0 saturated carbocycles. The van der Waals surface area contributed by atoms with E-state index >= 15 is 0 Å². The van der Waals surface area contributed by atoms with Crippen LogP contribution in [0.2, 0.25) is 0 Å². The number of carbonyl (C=O) groups is 2. The van der Waals surface area contributed by atoms with E-state index in [1.807, 2.05) is 61.5 Å². The Morgan fingerprint density at radius 3 is 2.35 bits per heavy atom. The van der Waals surface area contributed by atoms with Crippen molar-refractivity contribution in [1.82, 2.24) is 4.90 Å². The van der Waals surface area contributed by atoms with E-state index in [1.54, 1.807) is 36.2 Å². The maximum atomic E-state index is 12.1. The fourth-order valence-corrected chi connectivity index (χ4v) is 3.14. The lowest BCUT2D eigenvalue weighted by Crippen LogP contribution is -2.41. The molecule has 34 heavy (non-hydrogen) atoms. The standard InChI is InChI=1S/C26H28BNO6/c1-3-28(2)19-26(30)34-27(32-20-29)22-13-15-23(16-14-22)31-18-17-21-9-7-8-12-25(21)33-24-10-5-4-6-11-24/h4-16,20H,3,17-19H2,1-2H3. The van der Waals surface area contributed by atoms with Crippen LogP contribution < -0.4 is 14.9 Å². The van der Waals surface area contributed by atoms with Crippen molar-refractivity contribution in [1.29, 1.82) is 0 Å². The van der Waals surface area contributed by atoms with Crippen LogP contribution in [-0.2, 0) is 25.3 Å². The molecule has 0 aromatic heterocycles. The number of carbonyl (C=O) groups excluding carboxylic acids is 2. The predicted octanol–water partition coefficient (Wildman–Crippen LogP) is 3.46. The molecule has 8 heteroatoms. The Labute approximate surface area is 200 Å². The van der Waals surface area contributed by atoms with Crippen molar-refractivity contribution < 1.29 is 28.4 Å². The van der Waals surface area contributed by atoms with E-state index in [4.69, 9.17) is 18.8 Å². The molecule has 3 aromatic rings. The van der Waals surface area contributed by atoms with Crippen LogP contribution in [0.4, 0.5) is 0 Å². The van der Waals surface area contributed by atoms with Gasteiger partial charge in [-0.1, -0.05) is 55.5 Å². The molecule has 0 atom stereocenters. The van der Waals surface area contributed by atoms with Crippen LogP contribution in [0.5, 0.6) is 17.2 Å². The van der Waals surface area contributed by atoms with Crippen LogP contribution in [0.15, 0.2) is 78.9 Å². The molecule has 0 radical (unpaired) electrons. The second-order valence-electron chi connectivity index (χ2n) is 7.57. The quantitative estimate of drug-likeness (QED) is 0.285. The molecular formula is C26H28BNO6. The van der Waals surface area contributed by atoms with Gasteiger partial charge in [-0.2, -0.15) is 0 Å². The van der Waals surface area contributed by atoms with E-state index in [2.05, 4.69) is 0 Å². The number of ether oxygens (including phenoxy) is 2. The summed E-state index contributed by atoms with van der Waals surface area (Å²) in [5.41, 5.74) is 1.57. The molecule has 0 bridgehead atoms. The lowest BCUT2D eigenvalue weighted by atomic mass is 9.79. The van der Waals surface area contributed by atoms with Gasteiger partial charge in [0, 0.05) is 11.9 Å². The number of hydrogen-bond acceptors (Lipinski definition) is 7. The Kier molecular flexibility index (Phi) is 9.55. The van der Waals surface area contributed by atoms with Crippen LogP contribution >= 0.6 is 0 Å². The van der Waals surface area contributed by atoms with E-state index in [1.165, 1.54) is 0 Å². The average Bonchev–Trinajstić information content (AvgIpc) is 2.86. The molecule has 0 heterocycles. The summed E-state index contributed by atoms with van der Waals surface area (Å²) in [6.07, 6.45) is 0.657. The number of rotatable bonds is 13. The number of para-hydroxylation sites is 2. The van der Waals surface area contributed by atoms with Crippen LogP contribution in [0.25, 0.3) is 0 Å². The van der Waals surface area contributed by atoms with Crippen LogP contribution in [0, 0.1) is 0 Å². The third kappa shape index (κ3) is 7.67. The molecule has 0 aliphatic heterocycles. The average molecular weight is 461 g/mol. The first-order valence-electron chi connectivity index (χ1n) is 11.1. The fourth-order valence-electron chi connectivity index (χ4n) is 3.14. The Morgan fingerprint density at radius 2 is 1.65 bits per heavy atom. The molecule has 7 nitrogen and oxygen atoms in total. The van der Waals surface area contributed by atoms with Gasteiger partial charge in [-0.3, -0.25) is 14.5 Å². The van der Waals surface area contributed by atoms with Crippen molar-refractivity contribution in [3.8, 4) is 17.2 Å². The summed E-state index contributed by atoms with van der Waals surface area (Å²) in [5.74, 6) is 1.73. The van der Waals surface area contributed by atoms with Gasteiger partial charge >= 0.3 is 13.1 Å². The van der Waals surface area contributed by atoms with Crippen molar-refractivity contribution in [3.05, 3.63) is 84.4 Å². The van der Waals surface area contributed by atoms with Crippen molar-refractivity contribution in [2.45, 2.75) is 13.3 Å². The lowest BCUT2D eigenvalue weighted by Gasteiger charge is -2.16. The summed E-state index contributed by atoms with van der Waals surface area (Å²) < 4.78 is 22.1. The molecule has 0 aliphatic carbocycles. The number of hydrogen-bond donors (Lipinski definition) is 0. The van der Waals surface area contributed by atoms with Crippen LogP contribution in [-0.4, -0.2) is 51.2 Å². The van der Waals surface area contributed by atoms with E-state index in [9.17, 15) is 9.59 Å². The molecule has 3 aromatic carbocycles. The third-order valence-corrected chi connectivity index (χ3v) is 5.09. The lowest BCUT2D eigenvalue weighted by molar-refractivity contribution is -0.137. The number of likely N-dealkylation sites (N-methyl/N-ethyl adjacent to an activating group) is 1. The zero-order valence-electron chi connectivity index (χ0n) is 19.4. The first-order chi connectivity index (χ1) is 16.6. The third-order valence-electron chi connectivity index (χ3n) is 5.09. The first-order valence-corrected chi connectivity index (χ1v) is 11.1. The second-order valence-corrected chi connectivity index (χ2v) is 7.57. The van der Waals surface area contributed by atoms with Gasteiger partial charge in [0.1, 0.15) is 17.2 Å². The Morgan fingerprint density at radius 1 is 0.941 bits per heavy atom. The summed E-state index contributed by atoms with van der Waals surface area (Å²) in [5, 5.41) is 0. The molecule has 0 aliphatic rings. The van der Waals surface area contributed by atoms with E-state index in [-0.39, 0.29) is 13.0 Å². The van der Waals surface area contributed by atoms with Crippen molar-refractivity contribution >= 4 is 25.0 Å². The SMILES string of the molecule is CCN(C)CC(=O)OB(OC=O)c1ccc(OCCc2ccccc2Oc2ccccc2)cc1. The maximum absolute atomic E-state index is 12.1. The Bertz CT molecular complexity index is 1040. The topological polar surface area (TPSA) is 74.3 Å². The van der Waals surface area contributed by atoms with Gasteiger partial charge in [0.2, 0.25) is 0 Å². The fraction of sp³-hybridized carbons (Fsp3) is 0.231. The largest absolute Gasteiger partial charge is 0.636 e. The van der Waals surface area contributed by atoms with E-state index in [0.29, 0.717) is 30.8 Å². The summed E-state index contributed by atoms with van der Waals surface area (Å²) in [4.78, 5) is 24.7. The minimum Gasteiger partial charge on any atom is -0.498 e. The molecular weight excluding hydrogens is 433 g/mol. The Hall–Kier alpha value is -3.78. The van der Waals surface area contributed by atoms with Gasteiger partial charge in [0.15, 0.2) is 0 Å². The molecule has 176 valence electrons. The van der Waals surface area contributed by atoms with Gasteiger partial charge in [0.05, 0.1) is 13.2 Å². The van der Waals surface area contributed by atoms with Gasteiger partial charge in [0.25, 0.3) is 6.47 Å². The summed E-state index contributed by atoms with van der Waals surface area (Å²) in [6, 6.07) is 24.4. The number of benzene rings is 3. The minimum atomic E-state index is -1.11. The Balaban J connectivity index is 1.55. The second kappa shape index (κ2) is 13.1. The van der Waals surface area contributed by atoms with Crippen molar-refractivity contribution in [2.75, 3.05) is 26.7 Å². The highest BCUT2D eigenvalue weighted by molar-refractivity contribution is 6.63. The van der Waals surface area contributed by atoms with Crippen LogP contribution in [0.1, 0.15) is 12.5 Å². The molecule has 0 spiro atoms. The zero-order valence-corrected chi connectivity index (χ0v) is 19.4. The van der Waals surface area contributed by atoms with Crippen LogP contribution in [0.3, 0.4) is 0 Å². The minimum absolute atomic E-state index is 0.103. The maximum Gasteiger partial charge on any atom is 0.636 e. The number of nitrogens with zero attached hydrogens (tertiary/aromatic N) is 1. The van der Waals surface area contributed by atoms with Crippen molar-refractivity contribution in [2.24, 2.45) is 0 Å². The van der Waals surface area contributed by atoms with E-state index < -0.39 is 13.1 Å². The highest BCUT2D eigenvalue weighted by Gasteiger charge is 2.28. The van der Waals surface area contributed by atoms with Gasteiger partial charge < -0.3 is 18.8 Å². The molecule has 0 saturated heterocycles. The molecule has 0 fully saturated rings. The normalized spacial score (nSPS) is 10.4. The molecule has 0 unspecified atom stereocenters. The van der Waals surface area contributed by atoms with E-state index in [0.717, 1.165) is 17.1 Å². The summed E-state index contributed by atoms with van der Waals surface area (Å²) >= 11 is 0. The summed E-state index contributed by atoms with van der Waals surface area (Å²) in [6.45, 7) is 3.44. The van der Waals surface area contributed by atoms with Crippen molar-refractivity contribution in [3.63, 3.8) is 0 Å². The van der Waals surface area contributed by atoms with Gasteiger partial charge in [-0.25, -0.2) is 0 Å². The summed E-state index contributed by atoms with van der Waals surface area (Å²) in [7, 11) is 0.696.